The molecule has 3 aromatic rings. The Labute approximate surface area is 171 Å². The van der Waals surface area contributed by atoms with Crippen molar-refractivity contribution in [3.63, 3.8) is 0 Å². The lowest BCUT2D eigenvalue weighted by Crippen LogP contribution is -2.32. The highest BCUT2D eigenvalue weighted by Gasteiger charge is 2.38. The number of hydrogen-bond acceptors (Lipinski definition) is 3. The van der Waals surface area contributed by atoms with Gasteiger partial charge in [-0.05, 0) is 29.9 Å². The third-order valence-electron chi connectivity index (χ3n) is 4.70. The van der Waals surface area contributed by atoms with Crippen LogP contribution in [-0.2, 0) is 20.9 Å². The normalized spacial score (nSPS) is 16.6. The summed E-state index contributed by atoms with van der Waals surface area (Å²) in [5, 5.41) is 6.89. The third kappa shape index (κ3) is 7.62. The molecule has 29 heavy (non-hydrogen) atoms. The molecule has 1 aliphatic carbocycles. The van der Waals surface area contributed by atoms with Crippen LogP contribution in [0.3, 0.4) is 0 Å². The zero-order chi connectivity index (χ0) is 20.7. The van der Waals surface area contributed by atoms with Crippen molar-refractivity contribution in [2.75, 3.05) is 0 Å². The summed E-state index contributed by atoms with van der Waals surface area (Å²) in [6.07, 6.45) is 2.02. The Kier molecular flexibility index (Phi) is 9.73. The highest BCUT2D eigenvalue weighted by Crippen LogP contribution is 2.43. The molecule has 0 spiro atoms. The molecule has 4 heteroatoms. The van der Waals surface area contributed by atoms with Crippen LogP contribution in [0.15, 0.2) is 97.1 Å². The summed E-state index contributed by atoms with van der Waals surface area (Å²) < 4.78 is 5.44. The predicted molar refractivity (Wildman–Crippen MR) is 113 cm³/mol. The average molecular weight is 390 g/mol. The lowest BCUT2D eigenvalue weighted by atomic mass is 9.70. The van der Waals surface area contributed by atoms with Crippen molar-refractivity contribution in [2.45, 2.75) is 25.4 Å². The molecule has 0 heterocycles. The predicted octanol–water partition coefficient (Wildman–Crippen LogP) is 5.31. The Hall–Kier alpha value is -3.40. The molecule has 1 aliphatic rings. The molecule has 1 N–H and O–H groups in total. The first kappa shape index (κ1) is 21.9. The summed E-state index contributed by atoms with van der Waals surface area (Å²) in [5.41, 5.74) is 2.29. The van der Waals surface area contributed by atoms with E-state index in [1.807, 2.05) is 84.9 Å². The van der Waals surface area contributed by atoms with Gasteiger partial charge in [0.15, 0.2) is 0 Å². The maximum atomic E-state index is 12.2. The number of ether oxygens (including phenoxy) is 1. The van der Waals surface area contributed by atoms with E-state index in [1.165, 1.54) is 5.56 Å². The molecule has 0 aromatic heterocycles. The van der Waals surface area contributed by atoms with E-state index < -0.39 is 0 Å². The highest BCUT2D eigenvalue weighted by molar-refractivity contribution is 5.75. The Bertz CT molecular complexity index is 793. The number of rotatable bonds is 4. The molecule has 1 fully saturated rings. The molecule has 0 amide bonds. The zero-order valence-corrected chi connectivity index (χ0v) is 16.3. The van der Waals surface area contributed by atoms with Crippen molar-refractivity contribution in [3.8, 4) is 0 Å². The quantitative estimate of drug-likeness (QED) is 0.484. The first-order valence-corrected chi connectivity index (χ1v) is 9.59. The van der Waals surface area contributed by atoms with Crippen molar-refractivity contribution in [1.82, 2.24) is 0 Å². The Morgan fingerprint density at radius 3 is 1.72 bits per heavy atom. The van der Waals surface area contributed by atoms with Crippen LogP contribution in [0.1, 0.15) is 29.9 Å². The van der Waals surface area contributed by atoms with E-state index in [1.54, 1.807) is 0 Å². The van der Waals surface area contributed by atoms with Gasteiger partial charge in [0.2, 0.25) is 0 Å². The molecule has 3 aromatic carbocycles. The fourth-order valence-electron chi connectivity index (χ4n) is 3.10. The van der Waals surface area contributed by atoms with E-state index in [0.29, 0.717) is 12.5 Å². The van der Waals surface area contributed by atoms with Crippen LogP contribution in [0.2, 0.25) is 0 Å². The van der Waals surface area contributed by atoms with Crippen molar-refractivity contribution < 1.29 is 19.4 Å². The first-order chi connectivity index (χ1) is 14.3. The topological polar surface area (TPSA) is 63.6 Å². The molecule has 1 saturated carbocycles. The van der Waals surface area contributed by atoms with Gasteiger partial charge in [0.25, 0.3) is 6.47 Å². The van der Waals surface area contributed by atoms with Gasteiger partial charge in [0.05, 0.1) is 5.92 Å². The fraction of sp³-hybridized carbons (Fsp3) is 0.200. The van der Waals surface area contributed by atoms with Gasteiger partial charge in [-0.15, -0.1) is 0 Å². The maximum Gasteiger partial charge on any atom is 0.309 e. The van der Waals surface area contributed by atoms with Crippen molar-refractivity contribution in [3.05, 3.63) is 108 Å². The van der Waals surface area contributed by atoms with Gasteiger partial charge >= 0.3 is 5.97 Å². The van der Waals surface area contributed by atoms with E-state index in [9.17, 15) is 4.79 Å². The second kappa shape index (κ2) is 12.9. The van der Waals surface area contributed by atoms with E-state index in [2.05, 4.69) is 12.1 Å². The van der Waals surface area contributed by atoms with Crippen LogP contribution in [0, 0.1) is 5.92 Å². The number of esters is 1. The smallest absolute Gasteiger partial charge is 0.309 e. The number of benzene rings is 3. The number of carbonyl (C=O) groups excluding carboxylic acids is 1. The molecule has 4 nitrogen and oxygen atoms in total. The molecule has 150 valence electrons. The summed E-state index contributed by atoms with van der Waals surface area (Å²) in [6, 6.07) is 32.1. The second-order valence-corrected chi connectivity index (χ2v) is 6.55. The maximum absolute atomic E-state index is 12.2. The minimum absolute atomic E-state index is 0.0288. The Morgan fingerprint density at radius 2 is 1.28 bits per heavy atom. The van der Waals surface area contributed by atoms with Crippen LogP contribution in [0.4, 0.5) is 0 Å². The standard InChI is InChI=1S/C18H18O2.C6H6.CH2O2/c19-18(20-13-14-7-3-1-4-8-14)17-12-11-16(17)15-9-5-2-6-10-15;1-2-4-6-5-3-1;2-1-3/h1-10,16-17H,11-13H2;1-6H;1H,(H,2,3)/t16-,17?;;/m0../s1. The number of hydrogen-bond donors (Lipinski definition) is 1. The van der Waals surface area contributed by atoms with Gasteiger partial charge in [0.1, 0.15) is 6.61 Å². The van der Waals surface area contributed by atoms with Crippen LogP contribution in [0.5, 0.6) is 0 Å². The van der Waals surface area contributed by atoms with Crippen molar-refractivity contribution >= 4 is 12.4 Å². The minimum atomic E-state index is -0.250. The Balaban J connectivity index is 0.000000278. The SMILES string of the molecule is O=C(OCc1ccccc1)C1CC[C@H]1c1ccccc1.O=CO.c1ccccc1. The third-order valence-corrected chi connectivity index (χ3v) is 4.70. The summed E-state index contributed by atoms with van der Waals surface area (Å²) in [4.78, 5) is 20.5. The second-order valence-electron chi connectivity index (χ2n) is 6.55. The van der Waals surface area contributed by atoms with Gasteiger partial charge in [-0.2, -0.15) is 0 Å². The average Bonchev–Trinajstić information content (AvgIpc) is 2.75. The lowest BCUT2D eigenvalue weighted by Gasteiger charge is -2.35. The lowest BCUT2D eigenvalue weighted by molar-refractivity contribution is -0.154. The minimum Gasteiger partial charge on any atom is -0.483 e. The first-order valence-electron chi connectivity index (χ1n) is 9.59. The van der Waals surface area contributed by atoms with Gasteiger partial charge in [0, 0.05) is 0 Å². The number of carboxylic acid groups (broad SMARTS) is 1. The molecule has 1 unspecified atom stereocenters. The van der Waals surface area contributed by atoms with Gasteiger partial charge in [-0.25, -0.2) is 0 Å². The summed E-state index contributed by atoms with van der Waals surface area (Å²) in [5.74, 6) is 0.301. The van der Waals surface area contributed by atoms with Crippen LogP contribution in [0.25, 0.3) is 0 Å². The largest absolute Gasteiger partial charge is 0.483 e. The molecule has 0 aliphatic heterocycles. The van der Waals surface area contributed by atoms with E-state index in [4.69, 9.17) is 14.6 Å². The molecular formula is C25H26O4. The molecular weight excluding hydrogens is 364 g/mol. The molecule has 0 saturated heterocycles. The molecule has 2 atom stereocenters. The van der Waals surface area contributed by atoms with E-state index in [-0.39, 0.29) is 18.4 Å². The van der Waals surface area contributed by atoms with E-state index in [0.717, 1.165) is 18.4 Å². The van der Waals surface area contributed by atoms with Crippen LogP contribution < -0.4 is 0 Å². The van der Waals surface area contributed by atoms with Crippen molar-refractivity contribution in [2.24, 2.45) is 5.92 Å². The zero-order valence-electron chi connectivity index (χ0n) is 16.3. The van der Waals surface area contributed by atoms with Gasteiger partial charge < -0.3 is 9.84 Å². The van der Waals surface area contributed by atoms with Crippen LogP contribution >= 0.6 is 0 Å². The molecule has 0 radical (unpaired) electrons. The molecule has 0 bridgehead atoms. The van der Waals surface area contributed by atoms with E-state index >= 15 is 0 Å². The highest BCUT2D eigenvalue weighted by atomic mass is 16.5. The fourth-order valence-corrected chi connectivity index (χ4v) is 3.10. The Morgan fingerprint density at radius 1 is 0.828 bits per heavy atom. The summed E-state index contributed by atoms with van der Waals surface area (Å²) >= 11 is 0. The monoisotopic (exact) mass is 390 g/mol. The van der Waals surface area contributed by atoms with Gasteiger partial charge in [-0.1, -0.05) is 97.1 Å². The number of carbonyl (C=O) groups is 2. The van der Waals surface area contributed by atoms with Crippen LogP contribution in [-0.4, -0.2) is 17.5 Å². The summed E-state index contributed by atoms with van der Waals surface area (Å²) in [6.45, 7) is 0.123. The van der Waals surface area contributed by atoms with Gasteiger partial charge in [-0.3, -0.25) is 9.59 Å². The molecule has 4 rings (SSSR count). The van der Waals surface area contributed by atoms with Crippen molar-refractivity contribution in [1.29, 1.82) is 0 Å². The summed E-state index contributed by atoms with van der Waals surface area (Å²) in [7, 11) is 0.